The Bertz CT molecular complexity index is 831. The first kappa shape index (κ1) is 18.7. The summed E-state index contributed by atoms with van der Waals surface area (Å²) in [4.78, 5) is 23.8. The van der Waals surface area contributed by atoms with Gasteiger partial charge in [0.2, 0.25) is 11.9 Å². The number of aromatic nitrogens is 2. The molecule has 0 bridgehead atoms. The molecule has 1 aliphatic carbocycles. The van der Waals surface area contributed by atoms with E-state index in [1.807, 2.05) is 24.3 Å². The van der Waals surface area contributed by atoms with Crippen LogP contribution in [-0.4, -0.2) is 41.0 Å². The molecule has 2 aromatic rings. The smallest absolute Gasteiger partial charge is 0.225 e. The monoisotopic (exact) mass is 380 g/mol. The van der Waals surface area contributed by atoms with Crippen LogP contribution in [0, 0.1) is 5.92 Å². The van der Waals surface area contributed by atoms with Gasteiger partial charge in [0, 0.05) is 36.7 Å². The number of anilines is 1. The van der Waals surface area contributed by atoms with Gasteiger partial charge in [-0.05, 0) is 43.4 Å². The number of methoxy groups -OCH3 is 1. The Morgan fingerprint density at radius 2 is 1.89 bits per heavy atom. The summed E-state index contributed by atoms with van der Waals surface area (Å²) in [7, 11) is 1.66. The van der Waals surface area contributed by atoms with E-state index in [4.69, 9.17) is 10.5 Å². The second kappa shape index (κ2) is 8.17. The molecule has 1 atom stereocenters. The van der Waals surface area contributed by atoms with Crippen LogP contribution in [0.2, 0.25) is 0 Å². The van der Waals surface area contributed by atoms with Crippen molar-refractivity contribution in [2.24, 2.45) is 5.92 Å². The van der Waals surface area contributed by atoms with E-state index in [0.717, 1.165) is 61.3 Å². The van der Waals surface area contributed by atoms with Crippen LogP contribution in [0.15, 0.2) is 30.5 Å². The molecule has 1 amide bonds. The Kier molecular flexibility index (Phi) is 5.46. The third kappa shape index (κ3) is 3.81. The van der Waals surface area contributed by atoms with E-state index in [1.165, 1.54) is 12.8 Å². The van der Waals surface area contributed by atoms with Crippen LogP contribution in [0.25, 0.3) is 11.1 Å². The van der Waals surface area contributed by atoms with E-state index >= 15 is 0 Å². The van der Waals surface area contributed by atoms with Crippen molar-refractivity contribution < 1.29 is 9.53 Å². The fourth-order valence-corrected chi connectivity index (χ4v) is 4.54. The Balaban J connectivity index is 1.60. The Hall–Kier alpha value is -2.63. The molecule has 1 saturated heterocycles. The maximum absolute atomic E-state index is 12.9. The van der Waals surface area contributed by atoms with Gasteiger partial charge in [0.15, 0.2) is 0 Å². The Morgan fingerprint density at radius 3 is 2.61 bits per heavy atom. The number of hydrogen-bond donors (Lipinski definition) is 1. The molecule has 28 heavy (non-hydrogen) atoms. The molecular weight excluding hydrogens is 352 g/mol. The molecule has 6 nitrogen and oxygen atoms in total. The number of hydrogen-bond acceptors (Lipinski definition) is 5. The highest BCUT2D eigenvalue weighted by Crippen LogP contribution is 2.35. The van der Waals surface area contributed by atoms with Gasteiger partial charge in [-0.1, -0.05) is 25.0 Å². The summed E-state index contributed by atoms with van der Waals surface area (Å²) < 4.78 is 5.26. The fourth-order valence-electron chi connectivity index (χ4n) is 4.54. The van der Waals surface area contributed by atoms with E-state index < -0.39 is 0 Å². The molecule has 2 heterocycles. The lowest BCUT2D eigenvalue weighted by atomic mass is 9.89. The number of likely N-dealkylation sites (tertiary alicyclic amines) is 1. The molecule has 0 spiro atoms. The molecule has 1 aliphatic heterocycles. The molecule has 6 heteroatoms. The van der Waals surface area contributed by atoms with Crippen LogP contribution in [0.3, 0.4) is 0 Å². The molecule has 4 rings (SSSR count). The van der Waals surface area contributed by atoms with Gasteiger partial charge in [-0.2, -0.15) is 0 Å². The molecule has 1 aromatic heterocycles. The number of carbonyl (C=O) groups is 1. The average Bonchev–Trinajstić information content (AvgIpc) is 3.28. The zero-order valence-electron chi connectivity index (χ0n) is 16.4. The van der Waals surface area contributed by atoms with Crippen molar-refractivity contribution in [3.05, 3.63) is 36.2 Å². The van der Waals surface area contributed by atoms with Crippen molar-refractivity contribution >= 4 is 11.9 Å². The van der Waals surface area contributed by atoms with Crippen LogP contribution in [0.4, 0.5) is 5.95 Å². The number of carbonyl (C=O) groups excluding carboxylic acids is 1. The fraction of sp³-hybridized carbons (Fsp3) is 0.500. The van der Waals surface area contributed by atoms with Crippen molar-refractivity contribution in [3.63, 3.8) is 0 Å². The van der Waals surface area contributed by atoms with Gasteiger partial charge in [-0.3, -0.25) is 4.79 Å². The highest BCUT2D eigenvalue weighted by molar-refractivity contribution is 5.79. The molecule has 2 N–H and O–H groups in total. The Morgan fingerprint density at radius 1 is 1.14 bits per heavy atom. The minimum Gasteiger partial charge on any atom is -0.497 e. The van der Waals surface area contributed by atoms with Gasteiger partial charge in [-0.25, -0.2) is 9.97 Å². The minimum atomic E-state index is 0.182. The summed E-state index contributed by atoms with van der Waals surface area (Å²) >= 11 is 0. The molecule has 1 saturated carbocycles. The number of piperidine rings is 1. The number of rotatable bonds is 4. The highest BCUT2D eigenvalue weighted by Gasteiger charge is 2.32. The number of nitrogen functional groups attached to an aromatic ring is 1. The van der Waals surface area contributed by atoms with Gasteiger partial charge in [-0.15, -0.1) is 0 Å². The van der Waals surface area contributed by atoms with Crippen molar-refractivity contribution in [2.75, 3.05) is 25.9 Å². The van der Waals surface area contributed by atoms with Crippen molar-refractivity contribution in [2.45, 2.75) is 44.4 Å². The topological polar surface area (TPSA) is 81.3 Å². The van der Waals surface area contributed by atoms with Crippen LogP contribution in [-0.2, 0) is 4.79 Å². The van der Waals surface area contributed by atoms with E-state index in [-0.39, 0.29) is 17.8 Å². The lowest BCUT2D eigenvalue weighted by molar-refractivity contribution is -0.136. The van der Waals surface area contributed by atoms with E-state index in [1.54, 1.807) is 13.3 Å². The molecule has 0 radical (unpaired) electrons. The summed E-state index contributed by atoms with van der Waals surface area (Å²) in [6.07, 6.45) is 8.24. The number of amides is 1. The first-order valence-electron chi connectivity index (χ1n) is 10.2. The summed E-state index contributed by atoms with van der Waals surface area (Å²) in [5.41, 5.74) is 8.90. The molecule has 2 fully saturated rings. The summed E-state index contributed by atoms with van der Waals surface area (Å²) in [6, 6.07) is 7.90. The second-order valence-electron chi connectivity index (χ2n) is 7.86. The number of nitrogens with zero attached hydrogens (tertiary/aromatic N) is 3. The van der Waals surface area contributed by atoms with E-state index in [9.17, 15) is 4.79 Å². The zero-order chi connectivity index (χ0) is 19.5. The molecule has 2 aliphatic rings. The number of ether oxygens (including phenoxy) is 1. The quantitative estimate of drug-likeness (QED) is 0.876. The van der Waals surface area contributed by atoms with Crippen LogP contribution < -0.4 is 10.5 Å². The maximum atomic E-state index is 12.9. The predicted molar refractivity (Wildman–Crippen MR) is 109 cm³/mol. The highest BCUT2D eigenvalue weighted by atomic mass is 16.5. The predicted octanol–water partition coefficient (Wildman–Crippen LogP) is 3.63. The summed E-state index contributed by atoms with van der Waals surface area (Å²) in [5.74, 6) is 1.83. The van der Waals surface area contributed by atoms with Crippen LogP contribution in [0.5, 0.6) is 5.75 Å². The first-order valence-corrected chi connectivity index (χ1v) is 10.2. The largest absolute Gasteiger partial charge is 0.497 e. The normalized spacial score (nSPS) is 20.3. The van der Waals surface area contributed by atoms with E-state index in [2.05, 4.69) is 14.9 Å². The zero-order valence-corrected chi connectivity index (χ0v) is 16.4. The van der Waals surface area contributed by atoms with Crippen molar-refractivity contribution in [1.82, 2.24) is 14.9 Å². The average molecular weight is 380 g/mol. The minimum absolute atomic E-state index is 0.182. The lowest BCUT2D eigenvalue weighted by Gasteiger charge is -2.34. The first-order chi connectivity index (χ1) is 13.7. The van der Waals surface area contributed by atoms with Crippen molar-refractivity contribution in [1.29, 1.82) is 0 Å². The summed E-state index contributed by atoms with van der Waals surface area (Å²) in [6.45, 7) is 1.57. The van der Waals surface area contributed by atoms with Crippen LogP contribution in [0.1, 0.15) is 50.1 Å². The molecular formula is C22H28N4O2. The van der Waals surface area contributed by atoms with E-state index in [0.29, 0.717) is 5.91 Å². The van der Waals surface area contributed by atoms with Crippen LogP contribution >= 0.6 is 0 Å². The van der Waals surface area contributed by atoms with Gasteiger partial charge in [0.1, 0.15) is 5.75 Å². The second-order valence-corrected chi connectivity index (χ2v) is 7.86. The maximum Gasteiger partial charge on any atom is 0.225 e. The molecule has 1 aromatic carbocycles. The standard InChI is InChI=1S/C22H28N4O2/c1-28-18-10-8-15(9-11-18)19-13-24-22(23)25-20(19)17-7-4-12-26(14-17)21(27)16-5-2-3-6-16/h8-11,13,16-17H,2-7,12,14H2,1H3,(H2,23,24,25)/t17-/m0/s1. The van der Waals surface area contributed by atoms with Gasteiger partial charge < -0.3 is 15.4 Å². The summed E-state index contributed by atoms with van der Waals surface area (Å²) in [5, 5.41) is 0. The molecule has 0 unspecified atom stereocenters. The lowest BCUT2D eigenvalue weighted by Crippen LogP contribution is -2.42. The SMILES string of the molecule is COc1ccc(-c2cnc(N)nc2[C@H]2CCCN(C(=O)C3CCCC3)C2)cc1. The third-order valence-corrected chi connectivity index (χ3v) is 6.06. The third-order valence-electron chi connectivity index (χ3n) is 6.06. The number of nitrogens with two attached hydrogens (primary N) is 1. The Labute approximate surface area is 166 Å². The van der Waals surface area contributed by atoms with Gasteiger partial charge in [0.25, 0.3) is 0 Å². The van der Waals surface area contributed by atoms with Gasteiger partial charge in [0.05, 0.1) is 12.8 Å². The van der Waals surface area contributed by atoms with Crippen molar-refractivity contribution in [3.8, 4) is 16.9 Å². The molecule has 148 valence electrons. The van der Waals surface area contributed by atoms with Gasteiger partial charge >= 0.3 is 0 Å². The number of benzene rings is 1.